The van der Waals surface area contributed by atoms with E-state index in [1.165, 1.54) is 66.6 Å². The fourth-order valence-corrected chi connectivity index (χ4v) is 4.07. The highest BCUT2D eigenvalue weighted by molar-refractivity contribution is 6.32. The van der Waals surface area contributed by atoms with Crippen LogP contribution < -0.4 is 30.5 Å². The smallest absolute Gasteiger partial charge is 0.262 e. The number of carbonyl (C=O) groups is 3. The van der Waals surface area contributed by atoms with Crippen LogP contribution in [0.3, 0.4) is 0 Å². The molecule has 0 aliphatic carbocycles. The van der Waals surface area contributed by atoms with E-state index in [-0.39, 0.29) is 41.1 Å². The van der Waals surface area contributed by atoms with E-state index in [9.17, 15) is 23.2 Å². The molecule has 1 atom stereocenters. The molecule has 1 fully saturated rings. The van der Waals surface area contributed by atoms with Crippen LogP contribution in [-0.2, 0) is 14.4 Å². The third-order valence-electron chi connectivity index (χ3n) is 5.69. The highest BCUT2D eigenvalue weighted by atomic mass is 35.5. The molecule has 0 bridgehead atoms. The lowest BCUT2D eigenvalue weighted by molar-refractivity contribution is -0.125. The summed E-state index contributed by atoms with van der Waals surface area (Å²) in [5, 5.41) is 2.48. The molecule has 0 radical (unpaired) electrons. The lowest BCUT2D eigenvalue weighted by Crippen LogP contribution is -2.36. The first-order valence-electron chi connectivity index (χ1n) is 11.4. The molecule has 0 unspecified atom stereocenters. The summed E-state index contributed by atoms with van der Waals surface area (Å²) in [5.74, 6) is -2.67. The lowest BCUT2D eigenvalue weighted by atomic mass is 10.1. The predicted molar refractivity (Wildman–Crippen MR) is 137 cm³/mol. The topological polar surface area (TPSA) is 109 Å². The van der Waals surface area contributed by atoms with Gasteiger partial charge in [-0.05, 0) is 42.5 Å². The highest BCUT2D eigenvalue weighted by Gasteiger charge is 2.35. The molecular weight excluding hydrogens is 522 g/mol. The number of para-hydroxylation sites is 1. The number of rotatable bonds is 9. The minimum Gasteiger partial charge on any atom is -0.493 e. The molecule has 3 N–H and O–H groups in total. The van der Waals surface area contributed by atoms with Crippen LogP contribution in [0, 0.1) is 17.6 Å². The first-order chi connectivity index (χ1) is 18.2. The van der Waals surface area contributed by atoms with Crippen LogP contribution in [-0.4, -0.2) is 38.0 Å². The van der Waals surface area contributed by atoms with Gasteiger partial charge in [-0.15, -0.1) is 0 Å². The summed E-state index contributed by atoms with van der Waals surface area (Å²) in [6, 6.07) is 14.1. The minimum absolute atomic E-state index is 0.00328. The van der Waals surface area contributed by atoms with E-state index in [1.54, 1.807) is 6.07 Å². The van der Waals surface area contributed by atoms with Crippen LogP contribution in [0.25, 0.3) is 0 Å². The van der Waals surface area contributed by atoms with Gasteiger partial charge in [0.2, 0.25) is 11.8 Å². The second-order valence-corrected chi connectivity index (χ2v) is 8.71. The summed E-state index contributed by atoms with van der Waals surface area (Å²) >= 11 is 6.31. The summed E-state index contributed by atoms with van der Waals surface area (Å²) in [7, 11) is 1.37. The number of methoxy groups -OCH3 is 1. The second kappa shape index (κ2) is 11.8. The number of ether oxygens (including phenoxy) is 2. The molecule has 38 heavy (non-hydrogen) atoms. The Kier molecular flexibility index (Phi) is 8.27. The maximum absolute atomic E-state index is 13.7. The molecule has 198 valence electrons. The number of hydrazine groups is 1. The van der Waals surface area contributed by atoms with Crippen LogP contribution in [0.2, 0.25) is 5.02 Å². The molecule has 0 aromatic heterocycles. The van der Waals surface area contributed by atoms with Gasteiger partial charge in [-0.25, -0.2) is 8.78 Å². The quantitative estimate of drug-likeness (QED) is 0.349. The Balaban J connectivity index is 1.34. The van der Waals surface area contributed by atoms with Crippen LogP contribution in [0.5, 0.6) is 11.5 Å². The zero-order valence-electron chi connectivity index (χ0n) is 20.1. The monoisotopic (exact) mass is 544 g/mol. The zero-order chi connectivity index (χ0) is 27.2. The van der Waals surface area contributed by atoms with Gasteiger partial charge in [-0.1, -0.05) is 23.7 Å². The number of nitrogens with zero attached hydrogens (tertiary/aromatic N) is 1. The number of hydrogen-bond acceptors (Lipinski definition) is 6. The number of nitrogens with one attached hydrogen (secondary N) is 3. The van der Waals surface area contributed by atoms with E-state index < -0.39 is 36.0 Å². The Labute approximate surface area is 221 Å². The van der Waals surface area contributed by atoms with Gasteiger partial charge in [0.1, 0.15) is 11.6 Å². The summed E-state index contributed by atoms with van der Waals surface area (Å²) < 4.78 is 37.7. The van der Waals surface area contributed by atoms with Crippen molar-refractivity contribution in [2.24, 2.45) is 5.92 Å². The number of halogens is 3. The molecule has 0 spiro atoms. The third-order valence-corrected chi connectivity index (χ3v) is 5.97. The predicted octanol–water partition coefficient (Wildman–Crippen LogP) is 4.14. The average molecular weight is 545 g/mol. The number of anilines is 3. The third kappa shape index (κ3) is 6.30. The van der Waals surface area contributed by atoms with E-state index in [0.717, 1.165) is 0 Å². The fraction of sp³-hybridized carbons (Fsp3) is 0.192. The van der Waals surface area contributed by atoms with Crippen molar-refractivity contribution in [1.29, 1.82) is 0 Å². The van der Waals surface area contributed by atoms with Crippen LogP contribution in [0.15, 0.2) is 60.7 Å². The number of carbonyl (C=O) groups excluding carboxylic acids is 3. The average Bonchev–Trinajstić information content (AvgIpc) is 3.29. The van der Waals surface area contributed by atoms with Crippen molar-refractivity contribution >= 4 is 46.4 Å². The van der Waals surface area contributed by atoms with Crippen molar-refractivity contribution < 1.29 is 32.6 Å². The van der Waals surface area contributed by atoms with Crippen molar-refractivity contribution in [2.75, 3.05) is 35.9 Å². The maximum Gasteiger partial charge on any atom is 0.262 e. The van der Waals surface area contributed by atoms with Crippen molar-refractivity contribution in [3.8, 4) is 11.5 Å². The normalized spacial score (nSPS) is 14.7. The molecule has 4 rings (SSSR count). The Morgan fingerprint density at radius 3 is 2.55 bits per heavy atom. The number of amides is 3. The van der Waals surface area contributed by atoms with Crippen molar-refractivity contribution in [1.82, 2.24) is 5.43 Å². The second-order valence-electron chi connectivity index (χ2n) is 8.30. The van der Waals surface area contributed by atoms with Gasteiger partial charge in [0, 0.05) is 24.7 Å². The molecule has 3 aromatic carbocycles. The van der Waals surface area contributed by atoms with Crippen molar-refractivity contribution in [2.45, 2.75) is 6.42 Å². The van der Waals surface area contributed by atoms with Gasteiger partial charge in [0.25, 0.3) is 5.91 Å². The van der Waals surface area contributed by atoms with Crippen LogP contribution >= 0.6 is 11.6 Å². The van der Waals surface area contributed by atoms with E-state index >= 15 is 0 Å². The standard InChI is InChI=1S/C26H23ClF2N4O5/c1-37-22-12-17(11-19(27)25(22)38-14-23(34)30-21-5-3-2-4-20(21)29)31-32-26(36)15-10-24(35)33(13-15)18-8-6-16(28)7-9-18/h2-9,11-12,15,31H,10,13-14H2,1H3,(H,30,34)(H,32,36)/t15-/m1/s1. The Hall–Kier alpha value is -4.38. The Morgan fingerprint density at radius 1 is 1.11 bits per heavy atom. The SMILES string of the molecule is COc1cc(NNC(=O)[C@@H]2CC(=O)N(c3ccc(F)cc3)C2)cc(Cl)c1OCC(=O)Nc1ccccc1F. The van der Waals surface area contributed by atoms with E-state index in [1.807, 2.05) is 0 Å². The lowest BCUT2D eigenvalue weighted by Gasteiger charge is -2.18. The van der Waals surface area contributed by atoms with Gasteiger partial charge in [-0.2, -0.15) is 0 Å². The van der Waals surface area contributed by atoms with Crippen molar-refractivity contribution in [3.05, 3.63) is 77.3 Å². The molecule has 1 saturated heterocycles. The maximum atomic E-state index is 13.7. The fourth-order valence-electron chi connectivity index (χ4n) is 3.81. The molecular formula is C26H23ClF2N4O5. The molecule has 9 nitrogen and oxygen atoms in total. The molecule has 1 aliphatic heterocycles. The van der Waals surface area contributed by atoms with Gasteiger partial charge in [-0.3, -0.25) is 25.2 Å². The van der Waals surface area contributed by atoms with Crippen molar-refractivity contribution in [3.63, 3.8) is 0 Å². The summed E-state index contributed by atoms with van der Waals surface area (Å²) in [6.45, 7) is -0.321. The molecule has 3 aromatic rings. The molecule has 0 saturated carbocycles. The minimum atomic E-state index is -0.631. The summed E-state index contributed by atoms with van der Waals surface area (Å²) in [6.07, 6.45) is -0.00328. The van der Waals surface area contributed by atoms with Gasteiger partial charge in [0.05, 0.1) is 29.4 Å². The number of benzene rings is 3. The van der Waals surface area contributed by atoms with Gasteiger partial charge in [0.15, 0.2) is 18.1 Å². The first-order valence-corrected chi connectivity index (χ1v) is 11.8. The highest BCUT2D eigenvalue weighted by Crippen LogP contribution is 2.38. The van der Waals surface area contributed by atoms with E-state index in [4.69, 9.17) is 21.1 Å². The molecule has 3 amide bonds. The summed E-state index contributed by atoms with van der Waals surface area (Å²) in [5.41, 5.74) is 6.14. The first kappa shape index (κ1) is 26.7. The van der Waals surface area contributed by atoms with Gasteiger partial charge >= 0.3 is 0 Å². The molecule has 12 heteroatoms. The largest absolute Gasteiger partial charge is 0.493 e. The van der Waals surface area contributed by atoms with Crippen LogP contribution in [0.4, 0.5) is 25.8 Å². The number of hydrogen-bond donors (Lipinski definition) is 3. The van der Waals surface area contributed by atoms with E-state index in [0.29, 0.717) is 11.4 Å². The van der Waals surface area contributed by atoms with Gasteiger partial charge < -0.3 is 19.7 Å². The van der Waals surface area contributed by atoms with Crippen LogP contribution in [0.1, 0.15) is 6.42 Å². The van der Waals surface area contributed by atoms with E-state index in [2.05, 4.69) is 16.2 Å². The molecule has 1 aliphatic rings. The zero-order valence-corrected chi connectivity index (χ0v) is 20.9. The Morgan fingerprint density at radius 2 is 1.84 bits per heavy atom. The Bertz CT molecular complexity index is 1360. The summed E-state index contributed by atoms with van der Waals surface area (Å²) in [4.78, 5) is 38.7. The molecule has 1 heterocycles.